The number of Topliss-reactive ketones (excluding diaryl/α,β-unsaturated/α-hetero) is 1. The maximum Gasteiger partial charge on any atom is 0.237 e. The number of benzene rings is 3. The lowest BCUT2D eigenvalue weighted by Gasteiger charge is -2.15. The largest absolute Gasteiger partial charge is 0.494 e. The van der Waals surface area contributed by atoms with Crippen LogP contribution in [0.5, 0.6) is 5.75 Å². The van der Waals surface area contributed by atoms with Crippen LogP contribution in [0.3, 0.4) is 0 Å². The van der Waals surface area contributed by atoms with E-state index in [1.165, 1.54) is 18.7 Å². The molecule has 36 heavy (non-hydrogen) atoms. The number of anilines is 1. The molecule has 0 fully saturated rings. The number of nitrogens with one attached hydrogen (secondary N) is 1. The van der Waals surface area contributed by atoms with Crippen LogP contribution < -0.4 is 10.1 Å². The number of thioether (sulfide) groups is 1. The normalized spacial score (nSPS) is 11.6. The Labute approximate surface area is 214 Å². The summed E-state index contributed by atoms with van der Waals surface area (Å²) >= 11 is 1.33. The standard InChI is InChI=1S/C28H28N4O3S/c1-4-35-25-15-13-24(14-16-25)32-26(17-21-9-6-5-7-10-21)30-31-28(32)36-20(3)27(34)29-23-12-8-11-22(18-23)19(2)33/h5-16,18,20H,4,17H2,1-3H3,(H,29,34)/t20-/m1/s1. The molecule has 184 valence electrons. The number of ether oxygens (including phenoxy) is 1. The number of carbonyl (C=O) groups is 2. The van der Waals surface area contributed by atoms with Crippen molar-refractivity contribution in [2.24, 2.45) is 0 Å². The molecule has 0 aliphatic rings. The minimum atomic E-state index is -0.457. The monoisotopic (exact) mass is 500 g/mol. The van der Waals surface area contributed by atoms with Crippen molar-refractivity contribution in [1.29, 1.82) is 0 Å². The predicted molar refractivity (Wildman–Crippen MR) is 142 cm³/mol. The summed E-state index contributed by atoms with van der Waals surface area (Å²) < 4.78 is 7.57. The second kappa shape index (κ2) is 11.7. The van der Waals surface area contributed by atoms with E-state index in [9.17, 15) is 9.59 Å². The highest BCUT2D eigenvalue weighted by Gasteiger charge is 2.22. The summed E-state index contributed by atoms with van der Waals surface area (Å²) in [5.41, 5.74) is 3.13. The molecule has 7 nitrogen and oxygen atoms in total. The van der Waals surface area contributed by atoms with Crippen LogP contribution in [0.25, 0.3) is 5.69 Å². The first-order chi connectivity index (χ1) is 17.4. The van der Waals surface area contributed by atoms with E-state index in [1.807, 2.05) is 60.9 Å². The number of ketones is 1. The zero-order valence-electron chi connectivity index (χ0n) is 20.5. The maximum atomic E-state index is 13.0. The van der Waals surface area contributed by atoms with Crippen molar-refractivity contribution < 1.29 is 14.3 Å². The fourth-order valence-electron chi connectivity index (χ4n) is 3.66. The molecule has 0 aliphatic carbocycles. The van der Waals surface area contributed by atoms with Gasteiger partial charge >= 0.3 is 0 Å². The lowest BCUT2D eigenvalue weighted by atomic mass is 10.1. The Hall–Kier alpha value is -3.91. The van der Waals surface area contributed by atoms with Crippen molar-refractivity contribution in [1.82, 2.24) is 14.8 Å². The first-order valence-corrected chi connectivity index (χ1v) is 12.6. The minimum Gasteiger partial charge on any atom is -0.494 e. The van der Waals surface area contributed by atoms with Gasteiger partial charge in [-0.25, -0.2) is 0 Å². The molecule has 8 heteroatoms. The number of hydrogen-bond acceptors (Lipinski definition) is 6. The first kappa shape index (κ1) is 25.2. The Kier molecular flexibility index (Phi) is 8.17. The Morgan fingerprint density at radius 1 is 1.00 bits per heavy atom. The van der Waals surface area contributed by atoms with Crippen LogP contribution in [0.4, 0.5) is 5.69 Å². The van der Waals surface area contributed by atoms with Gasteiger partial charge in [0.1, 0.15) is 11.6 Å². The van der Waals surface area contributed by atoms with Crippen molar-refractivity contribution in [3.05, 3.63) is 95.8 Å². The van der Waals surface area contributed by atoms with Gasteiger partial charge in [-0.1, -0.05) is 54.2 Å². The Morgan fingerprint density at radius 3 is 2.44 bits per heavy atom. The smallest absolute Gasteiger partial charge is 0.237 e. The van der Waals surface area contributed by atoms with E-state index in [4.69, 9.17) is 4.74 Å². The van der Waals surface area contributed by atoms with Crippen LogP contribution in [0.2, 0.25) is 0 Å². The van der Waals surface area contributed by atoms with Gasteiger partial charge in [-0.05, 0) is 62.7 Å². The molecule has 4 aromatic rings. The van der Waals surface area contributed by atoms with Crippen molar-refractivity contribution >= 4 is 29.1 Å². The Morgan fingerprint density at radius 2 is 1.75 bits per heavy atom. The highest BCUT2D eigenvalue weighted by Crippen LogP contribution is 2.28. The van der Waals surface area contributed by atoms with Crippen LogP contribution in [-0.2, 0) is 11.2 Å². The quantitative estimate of drug-likeness (QED) is 0.226. The molecule has 0 saturated carbocycles. The zero-order chi connectivity index (χ0) is 25.5. The molecule has 1 atom stereocenters. The lowest BCUT2D eigenvalue weighted by molar-refractivity contribution is -0.115. The second-order valence-electron chi connectivity index (χ2n) is 8.21. The fraction of sp³-hybridized carbons (Fsp3) is 0.214. The average Bonchev–Trinajstić information content (AvgIpc) is 3.27. The van der Waals surface area contributed by atoms with E-state index in [2.05, 4.69) is 27.6 Å². The van der Waals surface area contributed by atoms with Gasteiger partial charge in [0.25, 0.3) is 0 Å². The molecule has 1 amide bonds. The highest BCUT2D eigenvalue weighted by atomic mass is 32.2. The Bertz CT molecular complexity index is 1340. The van der Waals surface area contributed by atoms with Gasteiger partial charge in [0.15, 0.2) is 10.9 Å². The summed E-state index contributed by atoms with van der Waals surface area (Å²) in [7, 11) is 0. The molecule has 1 aromatic heterocycles. The number of nitrogens with zero attached hydrogens (tertiary/aromatic N) is 3. The molecule has 0 saturated heterocycles. The van der Waals surface area contributed by atoms with Gasteiger partial charge in [-0.15, -0.1) is 10.2 Å². The van der Waals surface area contributed by atoms with Crippen LogP contribution in [0.15, 0.2) is 84.0 Å². The summed E-state index contributed by atoms with van der Waals surface area (Å²) in [5, 5.41) is 12.0. The lowest BCUT2D eigenvalue weighted by Crippen LogP contribution is -2.23. The van der Waals surface area contributed by atoms with E-state index in [0.717, 1.165) is 22.8 Å². The topological polar surface area (TPSA) is 86.1 Å². The Balaban J connectivity index is 1.58. The number of aromatic nitrogens is 3. The van der Waals surface area contributed by atoms with Crippen LogP contribution in [-0.4, -0.2) is 38.3 Å². The van der Waals surface area contributed by atoms with Crippen LogP contribution in [0.1, 0.15) is 42.5 Å². The van der Waals surface area contributed by atoms with Crippen LogP contribution >= 0.6 is 11.8 Å². The summed E-state index contributed by atoms with van der Waals surface area (Å²) in [6, 6.07) is 24.8. The van der Waals surface area contributed by atoms with Crippen molar-refractivity contribution in [2.45, 2.75) is 37.6 Å². The van der Waals surface area contributed by atoms with Gasteiger partial charge in [-0.2, -0.15) is 0 Å². The number of carbonyl (C=O) groups excluding carboxylic acids is 2. The first-order valence-electron chi connectivity index (χ1n) is 11.7. The van der Waals surface area contributed by atoms with Crippen molar-refractivity contribution in [3.8, 4) is 11.4 Å². The van der Waals surface area contributed by atoms with Gasteiger partial charge in [0, 0.05) is 23.4 Å². The maximum absolute atomic E-state index is 13.0. The number of amides is 1. The molecule has 4 rings (SSSR count). The second-order valence-corrected chi connectivity index (χ2v) is 9.52. The summed E-state index contributed by atoms with van der Waals surface area (Å²) in [5.74, 6) is 1.32. The van der Waals surface area contributed by atoms with Gasteiger partial charge < -0.3 is 10.1 Å². The fourth-order valence-corrected chi connectivity index (χ4v) is 4.54. The van der Waals surface area contributed by atoms with E-state index in [0.29, 0.717) is 29.4 Å². The molecule has 3 aromatic carbocycles. The summed E-state index contributed by atoms with van der Waals surface area (Å²) in [4.78, 5) is 24.6. The summed E-state index contributed by atoms with van der Waals surface area (Å²) in [6.45, 7) is 5.86. The molecule has 0 aliphatic heterocycles. The third-order valence-corrected chi connectivity index (χ3v) is 6.54. The van der Waals surface area contributed by atoms with Gasteiger partial charge in [-0.3, -0.25) is 14.2 Å². The third kappa shape index (κ3) is 6.20. The molecule has 0 radical (unpaired) electrons. The molecule has 0 unspecified atom stereocenters. The highest BCUT2D eigenvalue weighted by molar-refractivity contribution is 8.00. The van der Waals surface area contributed by atoms with E-state index in [-0.39, 0.29) is 11.7 Å². The molecule has 0 bridgehead atoms. The van der Waals surface area contributed by atoms with Gasteiger partial charge in [0.05, 0.1) is 11.9 Å². The molecular weight excluding hydrogens is 472 g/mol. The average molecular weight is 501 g/mol. The van der Waals surface area contributed by atoms with E-state index >= 15 is 0 Å². The van der Waals surface area contributed by atoms with Crippen molar-refractivity contribution in [3.63, 3.8) is 0 Å². The minimum absolute atomic E-state index is 0.0528. The summed E-state index contributed by atoms with van der Waals surface area (Å²) in [6.07, 6.45) is 0.597. The molecule has 1 heterocycles. The molecule has 0 spiro atoms. The zero-order valence-corrected chi connectivity index (χ0v) is 21.3. The molecular formula is C28H28N4O3S. The number of hydrogen-bond donors (Lipinski definition) is 1. The third-order valence-electron chi connectivity index (χ3n) is 5.50. The SMILES string of the molecule is CCOc1ccc(-n2c(Cc3ccccc3)nnc2S[C@H](C)C(=O)Nc2cccc(C(C)=O)c2)cc1. The predicted octanol–water partition coefficient (Wildman–Crippen LogP) is 5.58. The van der Waals surface area contributed by atoms with E-state index in [1.54, 1.807) is 24.3 Å². The van der Waals surface area contributed by atoms with Crippen LogP contribution in [0, 0.1) is 0 Å². The molecule has 1 N–H and O–H groups in total. The number of rotatable bonds is 10. The van der Waals surface area contributed by atoms with Crippen molar-refractivity contribution in [2.75, 3.05) is 11.9 Å². The van der Waals surface area contributed by atoms with E-state index < -0.39 is 5.25 Å². The van der Waals surface area contributed by atoms with Gasteiger partial charge in [0.2, 0.25) is 5.91 Å².